The minimum atomic E-state index is -1.08. The Morgan fingerprint density at radius 1 is 1.17 bits per heavy atom. The first-order valence-corrected chi connectivity index (χ1v) is 5.93. The van der Waals surface area contributed by atoms with E-state index in [0.717, 1.165) is 0 Å². The van der Waals surface area contributed by atoms with Crippen molar-refractivity contribution in [2.24, 2.45) is 0 Å². The van der Waals surface area contributed by atoms with Gasteiger partial charge in [0.15, 0.2) is 0 Å². The summed E-state index contributed by atoms with van der Waals surface area (Å²) < 4.78 is 0. The Bertz CT molecular complexity index is 305. The van der Waals surface area contributed by atoms with Gasteiger partial charge in [0.2, 0.25) is 5.91 Å². The molecule has 0 aromatic rings. The van der Waals surface area contributed by atoms with Crippen LogP contribution >= 0.6 is 0 Å². The highest BCUT2D eigenvalue weighted by molar-refractivity contribution is 5.86. The summed E-state index contributed by atoms with van der Waals surface area (Å²) in [6.07, 6.45) is 0.992. The molecule has 0 radical (unpaired) electrons. The monoisotopic (exact) mass is 259 g/mol. The second-order valence-electron chi connectivity index (χ2n) is 4.23. The van der Waals surface area contributed by atoms with Gasteiger partial charge in [-0.3, -0.25) is 4.79 Å². The zero-order valence-corrected chi connectivity index (χ0v) is 10.9. The molecule has 4 N–H and O–H groups in total. The molecule has 0 rings (SSSR count). The van der Waals surface area contributed by atoms with E-state index in [1.807, 2.05) is 6.92 Å². The van der Waals surface area contributed by atoms with Gasteiger partial charge < -0.3 is 21.1 Å². The molecule has 0 aliphatic rings. The van der Waals surface area contributed by atoms with Crippen LogP contribution < -0.4 is 16.0 Å². The highest BCUT2D eigenvalue weighted by Crippen LogP contribution is 1.96. The van der Waals surface area contributed by atoms with E-state index < -0.39 is 18.0 Å². The summed E-state index contributed by atoms with van der Waals surface area (Å²) in [7, 11) is 0. The normalized spacial score (nSPS) is 11.8. The zero-order chi connectivity index (χ0) is 14.1. The molecule has 0 fully saturated rings. The van der Waals surface area contributed by atoms with Crippen molar-refractivity contribution in [3.63, 3.8) is 0 Å². The summed E-state index contributed by atoms with van der Waals surface area (Å²) in [6.45, 7) is 5.26. The van der Waals surface area contributed by atoms with E-state index in [1.54, 1.807) is 13.8 Å². The highest BCUT2D eigenvalue weighted by atomic mass is 16.4. The third kappa shape index (κ3) is 7.48. The van der Waals surface area contributed by atoms with Crippen LogP contribution in [0.25, 0.3) is 0 Å². The number of aliphatic carboxylic acids is 1. The van der Waals surface area contributed by atoms with Crippen molar-refractivity contribution < 1.29 is 19.5 Å². The fourth-order valence-corrected chi connectivity index (χ4v) is 1.29. The van der Waals surface area contributed by atoms with Gasteiger partial charge in [-0.15, -0.1) is 0 Å². The Morgan fingerprint density at radius 2 is 1.78 bits per heavy atom. The Hall–Kier alpha value is -1.79. The number of hydrogen-bond acceptors (Lipinski definition) is 3. The van der Waals surface area contributed by atoms with Crippen molar-refractivity contribution in [3.8, 4) is 0 Å². The van der Waals surface area contributed by atoms with Gasteiger partial charge in [-0.05, 0) is 20.3 Å². The predicted molar refractivity (Wildman–Crippen MR) is 66.1 cm³/mol. The van der Waals surface area contributed by atoms with Gasteiger partial charge in [0.05, 0.1) is 6.54 Å². The molecule has 0 heterocycles. The molecule has 7 nitrogen and oxygen atoms in total. The van der Waals surface area contributed by atoms with Gasteiger partial charge in [0.25, 0.3) is 0 Å². The summed E-state index contributed by atoms with van der Waals surface area (Å²) in [5.41, 5.74) is 0. The number of carboxylic acids is 1. The highest BCUT2D eigenvalue weighted by Gasteiger charge is 2.18. The van der Waals surface area contributed by atoms with Crippen molar-refractivity contribution in [3.05, 3.63) is 0 Å². The second-order valence-corrected chi connectivity index (χ2v) is 4.23. The first-order chi connectivity index (χ1) is 8.36. The SMILES string of the molecule is CCC[C@H](NC(=O)NCC(=O)NC(C)C)C(=O)O. The summed E-state index contributed by atoms with van der Waals surface area (Å²) in [4.78, 5) is 33.4. The third-order valence-electron chi connectivity index (χ3n) is 2.04. The van der Waals surface area contributed by atoms with Crippen LogP contribution in [0.3, 0.4) is 0 Å². The number of urea groups is 1. The first-order valence-electron chi connectivity index (χ1n) is 5.93. The van der Waals surface area contributed by atoms with Crippen LogP contribution in [0.1, 0.15) is 33.6 Å². The summed E-state index contributed by atoms with van der Waals surface area (Å²) in [5.74, 6) is -1.40. The summed E-state index contributed by atoms with van der Waals surface area (Å²) >= 11 is 0. The number of nitrogens with one attached hydrogen (secondary N) is 3. The standard InChI is InChI=1S/C11H21N3O4/c1-4-5-8(10(16)17)14-11(18)12-6-9(15)13-7(2)3/h7-8H,4-6H2,1-3H3,(H,13,15)(H,16,17)(H2,12,14,18)/t8-/m0/s1. The Morgan fingerprint density at radius 3 is 2.22 bits per heavy atom. The predicted octanol–water partition coefficient (Wildman–Crippen LogP) is 0.0635. The average molecular weight is 259 g/mol. The molecule has 3 amide bonds. The lowest BCUT2D eigenvalue weighted by Gasteiger charge is -2.14. The van der Waals surface area contributed by atoms with Gasteiger partial charge in [0, 0.05) is 6.04 Å². The largest absolute Gasteiger partial charge is 0.480 e. The molecular formula is C11H21N3O4. The van der Waals surface area contributed by atoms with E-state index in [0.29, 0.717) is 12.8 Å². The summed E-state index contributed by atoms with van der Waals surface area (Å²) in [6, 6.07) is -1.59. The fourth-order valence-electron chi connectivity index (χ4n) is 1.29. The van der Waals surface area contributed by atoms with E-state index in [4.69, 9.17) is 5.11 Å². The molecule has 0 bridgehead atoms. The third-order valence-corrected chi connectivity index (χ3v) is 2.04. The van der Waals surface area contributed by atoms with Gasteiger partial charge in [0.1, 0.15) is 6.04 Å². The minimum absolute atomic E-state index is 0.00535. The molecule has 0 saturated carbocycles. The van der Waals surface area contributed by atoms with Crippen LogP contribution in [-0.4, -0.2) is 41.6 Å². The molecule has 7 heteroatoms. The molecule has 0 unspecified atom stereocenters. The van der Waals surface area contributed by atoms with Crippen molar-refractivity contribution in [2.45, 2.75) is 45.7 Å². The average Bonchev–Trinajstić information content (AvgIpc) is 2.24. The maximum atomic E-state index is 11.4. The molecule has 0 aliphatic heterocycles. The fraction of sp³-hybridized carbons (Fsp3) is 0.727. The molecule has 0 aromatic carbocycles. The van der Waals surface area contributed by atoms with Crippen LogP contribution in [0.15, 0.2) is 0 Å². The molecule has 0 saturated heterocycles. The summed E-state index contributed by atoms with van der Waals surface area (Å²) in [5, 5.41) is 16.0. The van der Waals surface area contributed by atoms with E-state index in [9.17, 15) is 14.4 Å². The van der Waals surface area contributed by atoms with Crippen LogP contribution in [-0.2, 0) is 9.59 Å². The molecule has 104 valence electrons. The van der Waals surface area contributed by atoms with Crippen LogP contribution in [0.4, 0.5) is 4.79 Å². The zero-order valence-electron chi connectivity index (χ0n) is 10.9. The van der Waals surface area contributed by atoms with Crippen molar-refractivity contribution in [2.75, 3.05) is 6.54 Å². The van der Waals surface area contributed by atoms with Crippen LogP contribution in [0.5, 0.6) is 0 Å². The lowest BCUT2D eigenvalue weighted by molar-refractivity contribution is -0.139. The molecule has 18 heavy (non-hydrogen) atoms. The van der Waals surface area contributed by atoms with Gasteiger partial charge in [-0.1, -0.05) is 13.3 Å². The van der Waals surface area contributed by atoms with Crippen molar-refractivity contribution >= 4 is 17.9 Å². The van der Waals surface area contributed by atoms with Gasteiger partial charge in [-0.2, -0.15) is 0 Å². The number of amides is 3. The first kappa shape index (κ1) is 16.2. The Kier molecular flexibility index (Phi) is 7.50. The second kappa shape index (κ2) is 8.32. The lowest BCUT2D eigenvalue weighted by atomic mass is 10.2. The molecule has 0 spiro atoms. The lowest BCUT2D eigenvalue weighted by Crippen LogP contribution is -2.48. The van der Waals surface area contributed by atoms with E-state index >= 15 is 0 Å². The number of carbonyl (C=O) groups excluding carboxylic acids is 2. The van der Waals surface area contributed by atoms with E-state index in [2.05, 4.69) is 16.0 Å². The number of carboxylic acid groups (broad SMARTS) is 1. The van der Waals surface area contributed by atoms with Crippen molar-refractivity contribution in [1.29, 1.82) is 0 Å². The van der Waals surface area contributed by atoms with E-state index in [1.165, 1.54) is 0 Å². The van der Waals surface area contributed by atoms with Crippen molar-refractivity contribution in [1.82, 2.24) is 16.0 Å². The number of rotatable bonds is 7. The maximum absolute atomic E-state index is 11.4. The van der Waals surface area contributed by atoms with Gasteiger partial charge in [-0.25, -0.2) is 9.59 Å². The molecule has 1 atom stereocenters. The topological polar surface area (TPSA) is 108 Å². The quantitative estimate of drug-likeness (QED) is 0.518. The molecular weight excluding hydrogens is 238 g/mol. The van der Waals surface area contributed by atoms with Gasteiger partial charge >= 0.3 is 12.0 Å². The molecule has 0 aromatic heterocycles. The number of hydrogen-bond donors (Lipinski definition) is 4. The minimum Gasteiger partial charge on any atom is -0.480 e. The maximum Gasteiger partial charge on any atom is 0.326 e. The van der Waals surface area contributed by atoms with E-state index in [-0.39, 0.29) is 18.5 Å². The van der Waals surface area contributed by atoms with Crippen LogP contribution in [0, 0.1) is 0 Å². The number of carbonyl (C=O) groups is 3. The smallest absolute Gasteiger partial charge is 0.326 e. The molecule has 0 aliphatic carbocycles. The Labute approximate surface area is 106 Å². The van der Waals surface area contributed by atoms with Crippen LogP contribution in [0.2, 0.25) is 0 Å². The Balaban J connectivity index is 4.02.